The summed E-state index contributed by atoms with van der Waals surface area (Å²) in [5, 5.41) is 8.40. The van der Waals surface area contributed by atoms with Gasteiger partial charge in [-0.05, 0) is 6.92 Å². The van der Waals surface area contributed by atoms with Gasteiger partial charge in [-0.1, -0.05) is 29.8 Å². The summed E-state index contributed by atoms with van der Waals surface area (Å²) in [7, 11) is -4.17. The first-order chi connectivity index (χ1) is 9.74. The first-order valence-corrected chi connectivity index (χ1v) is 9.06. The molecule has 0 spiro atoms. The molecule has 0 aliphatic heterocycles. The highest BCUT2D eigenvalue weighted by atomic mass is 31.2. The molecular formula is C12H20O7P2. The highest BCUT2D eigenvalue weighted by Gasteiger charge is 2.65. The van der Waals surface area contributed by atoms with Crippen LogP contribution >= 0.6 is 15.2 Å². The van der Waals surface area contributed by atoms with E-state index in [4.69, 9.17) is 18.1 Å². The number of rotatable bonds is 7. The zero-order valence-electron chi connectivity index (χ0n) is 12.6. The standard InChI is InChI=1S/C12H20O7P2/c1-10-6-8-11(9-7-10)12(13,20(14,16-2)17-3)21(15,18-4)19-5/h6-9,13H,1-5H3. The minimum absolute atomic E-state index is 0.0483. The Balaban J connectivity index is 3.69. The molecule has 0 atom stereocenters. The normalized spacial score (nSPS) is 13.4. The van der Waals surface area contributed by atoms with Crippen LogP contribution in [0.5, 0.6) is 0 Å². The summed E-state index contributed by atoms with van der Waals surface area (Å²) in [4.78, 5) is 0. The lowest BCUT2D eigenvalue weighted by Crippen LogP contribution is -2.29. The molecule has 0 saturated carbocycles. The number of benzene rings is 1. The lowest BCUT2D eigenvalue weighted by molar-refractivity contribution is 0.103. The van der Waals surface area contributed by atoms with Crippen molar-refractivity contribution in [3.05, 3.63) is 35.4 Å². The maximum absolute atomic E-state index is 12.8. The van der Waals surface area contributed by atoms with Gasteiger partial charge in [-0.25, -0.2) is 0 Å². The molecule has 0 fully saturated rings. The molecule has 0 aliphatic carbocycles. The topological polar surface area (TPSA) is 91.3 Å². The van der Waals surface area contributed by atoms with E-state index in [1.165, 1.54) is 12.1 Å². The monoisotopic (exact) mass is 338 g/mol. The fraction of sp³-hybridized carbons (Fsp3) is 0.500. The van der Waals surface area contributed by atoms with E-state index in [0.29, 0.717) is 0 Å². The van der Waals surface area contributed by atoms with Crippen molar-refractivity contribution in [1.29, 1.82) is 0 Å². The van der Waals surface area contributed by atoms with Crippen molar-refractivity contribution >= 4 is 15.2 Å². The predicted octanol–water partition coefficient (Wildman–Crippen LogP) is 3.07. The van der Waals surface area contributed by atoms with Crippen molar-refractivity contribution in [3.8, 4) is 0 Å². The largest absolute Gasteiger partial charge is 0.378 e. The van der Waals surface area contributed by atoms with E-state index in [1.807, 2.05) is 6.92 Å². The third kappa shape index (κ3) is 2.88. The Kier molecular flexibility index (Phi) is 5.92. The molecule has 0 aromatic heterocycles. The van der Waals surface area contributed by atoms with Gasteiger partial charge in [0.05, 0.1) is 0 Å². The Morgan fingerprint density at radius 1 is 0.857 bits per heavy atom. The number of aliphatic hydroxyl groups is 1. The van der Waals surface area contributed by atoms with Crippen LogP contribution in [-0.2, 0) is 32.3 Å². The second kappa shape index (κ2) is 6.71. The molecule has 1 aromatic rings. The fourth-order valence-corrected chi connectivity index (χ4v) is 6.33. The Hall–Kier alpha value is -0.520. The van der Waals surface area contributed by atoms with Crippen LogP contribution in [0.15, 0.2) is 24.3 Å². The second-order valence-corrected chi connectivity index (χ2v) is 9.32. The molecule has 0 amide bonds. The number of aryl methyl sites for hydroxylation is 1. The molecule has 1 N–H and O–H groups in total. The smallest absolute Gasteiger partial charge is 0.364 e. The molecule has 7 nitrogen and oxygen atoms in total. The Labute approximate surface area is 124 Å². The number of hydrogen-bond donors (Lipinski definition) is 1. The first kappa shape index (κ1) is 18.5. The predicted molar refractivity (Wildman–Crippen MR) is 78.3 cm³/mol. The molecule has 1 rings (SSSR count). The molecule has 0 aliphatic rings. The lowest BCUT2D eigenvalue weighted by Gasteiger charge is -2.36. The van der Waals surface area contributed by atoms with Gasteiger partial charge in [0.1, 0.15) is 0 Å². The van der Waals surface area contributed by atoms with Crippen molar-refractivity contribution < 1.29 is 32.3 Å². The van der Waals surface area contributed by atoms with Gasteiger partial charge in [0.25, 0.3) is 5.08 Å². The van der Waals surface area contributed by atoms with Crippen molar-refractivity contribution in [2.45, 2.75) is 12.0 Å². The van der Waals surface area contributed by atoms with Crippen LogP contribution in [0.2, 0.25) is 0 Å². The molecule has 0 bridgehead atoms. The van der Waals surface area contributed by atoms with Gasteiger partial charge < -0.3 is 23.2 Å². The molecule has 0 heterocycles. The van der Waals surface area contributed by atoms with E-state index < -0.39 is 20.3 Å². The van der Waals surface area contributed by atoms with Crippen LogP contribution in [0, 0.1) is 6.92 Å². The van der Waals surface area contributed by atoms with Crippen LogP contribution in [0.3, 0.4) is 0 Å². The van der Waals surface area contributed by atoms with Crippen LogP contribution in [0.4, 0.5) is 0 Å². The van der Waals surface area contributed by atoms with Crippen molar-refractivity contribution in [3.63, 3.8) is 0 Å². The van der Waals surface area contributed by atoms with E-state index in [2.05, 4.69) is 0 Å². The van der Waals surface area contributed by atoms with Gasteiger partial charge in [0.2, 0.25) is 0 Å². The average Bonchev–Trinajstić information content (AvgIpc) is 2.52. The van der Waals surface area contributed by atoms with Crippen molar-refractivity contribution in [2.24, 2.45) is 0 Å². The highest BCUT2D eigenvalue weighted by molar-refractivity contribution is 7.73. The first-order valence-electron chi connectivity index (χ1n) is 5.97. The highest BCUT2D eigenvalue weighted by Crippen LogP contribution is 2.80. The second-order valence-electron chi connectivity index (χ2n) is 4.23. The quantitative estimate of drug-likeness (QED) is 0.764. The minimum Gasteiger partial charge on any atom is -0.364 e. The molecule has 0 saturated heterocycles. The average molecular weight is 338 g/mol. The SMILES string of the molecule is COP(=O)(OC)C(O)(c1ccc(C)cc1)P(=O)(OC)OC. The van der Waals surface area contributed by atoms with Gasteiger partial charge in [0.15, 0.2) is 0 Å². The summed E-state index contributed by atoms with van der Waals surface area (Å²) >= 11 is 0. The third-order valence-electron chi connectivity index (χ3n) is 3.16. The zero-order chi connectivity index (χ0) is 16.3. The Bertz CT molecular complexity index is 527. The van der Waals surface area contributed by atoms with Crippen LogP contribution < -0.4 is 0 Å². The summed E-state index contributed by atoms with van der Waals surface area (Å²) in [6.07, 6.45) is 0. The molecule has 0 radical (unpaired) electrons. The zero-order valence-corrected chi connectivity index (χ0v) is 14.4. The van der Waals surface area contributed by atoms with Gasteiger partial charge in [-0.2, -0.15) is 0 Å². The molecule has 1 aromatic carbocycles. The van der Waals surface area contributed by atoms with Crippen LogP contribution in [0.1, 0.15) is 11.1 Å². The molecule has 0 unspecified atom stereocenters. The minimum atomic E-state index is -4.25. The molecule has 21 heavy (non-hydrogen) atoms. The van der Waals surface area contributed by atoms with Gasteiger partial charge in [0, 0.05) is 34.0 Å². The van der Waals surface area contributed by atoms with Crippen LogP contribution in [0.25, 0.3) is 0 Å². The summed E-state index contributed by atoms with van der Waals surface area (Å²) in [6, 6.07) is 6.24. The number of hydrogen-bond acceptors (Lipinski definition) is 7. The Morgan fingerprint density at radius 3 is 1.48 bits per heavy atom. The maximum atomic E-state index is 12.8. The van der Waals surface area contributed by atoms with Gasteiger partial charge >= 0.3 is 15.2 Å². The van der Waals surface area contributed by atoms with Gasteiger partial charge in [-0.3, -0.25) is 9.13 Å². The van der Waals surface area contributed by atoms with E-state index in [-0.39, 0.29) is 5.56 Å². The molecule has 9 heteroatoms. The summed E-state index contributed by atoms with van der Waals surface area (Å²) in [6.45, 7) is 1.83. The fourth-order valence-electron chi connectivity index (χ4n) is 1.90. The van der Waals surface area contributed by atoms with Crippen molar-refractivity contribution in [1.82, 2.24) is 0 Å². The lowest BCUT2D eigenvalue weighted by atomic mass is 10.2. The van der Waals surface area contributed by atoms with Crippen molar-refractivity contribution in [2.75, 3.05) is 28.4 Å². The Morgan fingerprint density at radius 2 is 1.19 bits per heavy atom. The van der Waals surface area contributed by atoms with Gasteiger partial charge in [-0.15, -0.1) is 0 Å². The van der Waals surface area contributed by atoms with E-state index in [0.717, 1.165) is 34.0 Å². The molecule has 120 valence electrons. The van der Waals surface area contributed by atoms with E-state index in [1.54, 1.807) is 12.1 Å². The summed E-state index contributed by atoms with van der Waals surface area (Å²) in [5.41, 5.74) is 0.947. The summed E-state index contributed by atoms with van der Waals surface area (Å²) in [5.74, 6) is 0. The maximum Gasteiger partial charge on any atom is 0.378 e. The van der Waals surface area contributed by atoms with E-state index >= 15 is 0 Å². The summed E-state index contributed by atoms with van der Waals surface area (Å²) < 4.78 is 44.9. The third-order valence-corrected chi connectivity index (χ3v) is 8.60. The molecular weight excluding hydrogens is 318 g/mol. The van der Waals surface area contributed by atoms with E-state index in [9.17, 15) is 14.2 Å². The van der Waals surface area contributed by atoms with Crippen LogP contribution in [-0.4, -0.2) is 33.5 Å².